The molecule has 30 heavy (non-hydrogen) atoms. The largest absolute Gasteiger partial charge is 0.206 e. The Bertz CT molecular complexity index is 995. The summed E-state index contributed by atoms with van der Waals surface area (Å²) >= 11 is 0. The van der Waals surface area contributed by atoms with Crippen LogP contribution in [-0.2, 0) is 0 Å². The van der Waals surface area contributed by atoms with Crippen molar-refractivity contribution in [3.8, 4) is 11.8 Å². The summed E-state index contributed by atoms with van der Waals surface area (Å²) in [6.07, 6.45) is 11.9. The Balaban J connectivity index is 1.44. The first-order valence-corrected chi connectivity index (χ1v) is 10.9. The van der Waals surface area contributed by atoms with E-state index in [1.165, 1.54) is 31.7 Å². The van der Waals surface area contributed by atoms with E-state index in [1.54, 1.807) is 12.1 Å². The van der Waals surface area contributed by atoms with E-state index in [0.29, 0.717) is 11.5 Å². The van der Waals surface area contributed by atoms with Crippen LogP contribution in [0.2, 0.25) is 0 Å². The highest BCUT2D eigenvalue weighted by molar-refractivity contribution is 5.44. The summed E-state index contributed by atoms with van der Waals surface area (Å²) in [5.74, 6) is 5.96. The van der Waals surface area contributed by atoms with Crippen molar-refractivity contribution in [1.29, 1.82) is 0 Å². The molecule has 0 bridgehead atoms. The van der Waals surface area contributed by atoms with Crippen LogP contribution in [0.25, 0.3) is 0 Å². The Morgan fingerprint density at radius 3 is 2.37 bits per heavy atom. The minimum Gasteiger partial charge on any atom is -0.206 e. The van der Waals surface area contributed by atoms with E-state index in [9.17, 15) is 13.2 Å². The van der Waals surface area contributed by atoms with Gasteiger partial charge in [-0.3, -0.25) is 0 Å². The maximum absolute atomic E-state index is 14.7. The first kappa shape index (κ1) is 20.8. The molecule has 156 valence electrons. The van der Waals surface area contributed by atoms with Gasteiger partial charge in [-0.2, -0.15) is 0 Å². The van der Waals surface area contributed by atoms with E-state index in [1.807, 2.05) is 6.07 Å². The van der Waals surface area contributed by atoms with Crippen molar-refractivity contribution in [2.75, 3.05) is 0 Å². The lowest BCUT2D eigenvalue weighted by atomic mass is 9.64. The summed E-state index contributed by atoms with van der Waals surface area (Å²) in [5, 5.41) is 0. The zero-order valence-electron chi connectivity index (χ0n) is 17.3. The van der Waals surface area contributed by atoms with Crippen molar-refractivity contribution in [1.82, 2.24) is 0 Å². The molecule has 2 aliphatic rings. The van der Waals surface area contributed by atoms with Crippen molar-refractivity contribution in [2.45, 2.75) is 51.4 Å². The van der Waals surface area contributed by atoms with Gasteiger partial charge in [0, 0.05) is 5.56 Å². The third-order valence-corrected chi connectivity index (χ3v) is 6.84. The van der Waals surface area contributed by atoms with Gasteiger partial charge in [-0.05, 0) is 105 Å². The lowest BCUT2D eigenvalue weighted by Gasteiger charge is -2.41. The van der Waals surface area contributed by atoms with Gasteiger partial charge in [0.05, 0.1) is 5.56 Å². The van der Waals surface area contributed by atoms with Crippen molar-refractivity contribution in [2.24, 2.45) is 17.8 Å². The summed E-state index contributed by atoms with van der Waals surface area (Å²) in [7, 11) is 0. The fourth-order valence-corrected chi connectivity index (χ4v) is 5.28. The molecule has 2 saturated carbocycles. The molecular formula is C27H27F3. The quantitative estimate of drug-likeness (QED) is 0.359. The van der Waals surface area contributed by atoms with Crippen molar-refractivity contribution in [3.05, 3.63) is 82.7 Å². The standard InChI is InChI=1S/C27H27F3/c1-2-3-18-5-8-22-16-23(12-11-21(22)14-18)24-10-9-20(26(29)17-24)7-4-19-6-13-25(28)27(30)15-19/h2-3,6,9-10,13,15,17-18,21-23H,5,8,11-12,14,16H2,1H3/b3-2+. The second-order valence-electron chi connectivity index (χ2n) is 8.75. The van der Waals surface area contributed by atoms with Crippen LogP contribution in [0, 0.1) is 47.0 Å². The summed E-state index contributed by atoms with van der Waals surface area (Å²) in [6.45, 7) is 2.10. The number of benzene rings is 2. The van der Waals surface area contributed by atoms with Crippen LogP contribution in [0.1, 0.15) is 68.1 Å². The highest BCUT2D eigenvalue weighted by Crippen LogP contribution is 2.47. The Morgan fingerprint density at radius 2 is 1.60 bits per heavy atom. The normalized spacial score (nSPS) is 26.1. The molecule has 0 saturated heterocycles. The summed E-state index contributed by atoms with van der Waals surface area (Å²) < 4.78 is 41.0. The maximum Gasteiger partial charge on any atom is 0.160 e. The van der Waals surface area contributed by atoms with Crippen molar-refractivity contribution >= 4 is 0 Å². The van der Waals surface area contributed by atoms with Crippen LogP contribution < -0.4 is 0 Å². The minimum atomic E-state index is -0.951. The average Bonchev–Trinajstić information content (AvgIpc) is 2.75. The summed E-state index contributed by atoms with van der Waals surface area (Å²) in [6, 6.07) is 8.76. The molecule has 4 atom stereocenters. The lowest BCUT2D eigenvalue weighted by Crippen LogP contribution is -2.30. The molecule has 0 N–H and O–H groups in total. The Labute approximate surface area is 177 Å². The van der Waals surface area contributed by atoms with Gasteiger partial charge in [0.2, 0.25) is 0 Å². The van der Waals surface area contributed by atoms with Crippen molar-refractivity contribution in [3.63, 3.8) is 0 Å². The molecule has 0 heterocycles. The van der Waals surface area contributed by atoms with Gasteiger partial charge < -0.3 is 0 Å². The topological polar surface area (TPSA) is 0 Å². The molecule has 0 spiro atoms. The van der Waals surface area contributed by atoms with Crippen LogP contribution in [-0.4, -0.2) is 0 Å². The molecule has 4 unspecified atom stereocenters. The molecule has 4 rings (SSSR count). The van der Waals surface area contributed by atoms with E-state index in [-0.39, 0.29) is 11.4 Å². The number of rotatable bonds is 2. The predicted molar refractivity (Wildman–Crippen MR) is 114 cm³/mol. The minimum absolute atomic E-state index is 0.282. The fourth-order valence-electron chi connectivity index (χ4n) is 5.28. The number of allylic oxidation sites excluding steroid dienone is 2. The van der Waals surface area contributed by atoms with Gasteiger partial charge in [-0.15, -0.1) is 0 Å². The molecule has 0 aliphatic heterocycles. The Hall–Kier alpha value is -2.47. The zero-order valence-corrected chi connectivity index (χ0v) is 17.3. The fraction of sp³-hybridized carbons (Fsp3) is 0.407. The molecule has 0 radical (unpaired) electrons. The van der Waals surface area contributed by atoms with E-state index >= 15 is 0 Å². The number of hydrogen-bond acceptors (Lipinski definition) is 0. The average molecular weight is 409 g/mol. The molecule has 3 heteroatoms. The van der Waals surface area contributed by atoms with E-state index < -0.39 is 11.6 Å². The molecule has 0 nitrogen and oxygen atoms in total. The molecule has 2 aromatic rings. The van der Waals surface area contributed by atoms with Gasteiger partial charge >= 0.3 is 0 Å². The van der Waals surface area contributed by atoms with Gasteiger partial charge in [-0.1, -0.05) is 30.1 Å². The number of halogens is 3. The van der Waals surface area contributed by atoms with Crippen LogP contribution in [0.15, 0.2) is 48.6 Å². The molecule has 2 aliphatic carbocycles. The third-order valence-electron chi connectivity index (χ3n) is 6.84. The molecule has 0 amide bonds. The highest BCUT2D eigenvalue weighted by atomic mass is 19.2. The zero-order chi connectivity index (χ0) is 21.1. The molecule has 2 aromatic carbocycles. The van der Waals surface area contributed by atoms with Crippen LogP contribution >= 0.6 is 0 Å². The second kappa shape index (κ2) is 9.13. The van der Waals surface area contributed by atoms with E-state index in [4.69, 9.17) is 0 Å². The first-order valence-electron chi connectivity index (χ1n) is 10.9. The summed E-state index contributed by atoms with van der Waals surface area (Å²) in [5.41, 5.74) is 1.66. The predicted octanol–water partition coefficient (Wildman–Crippen LogP) is 7.38. The molecular weight excluding hydrogens is 381 g/mol. The lowest BCUT2D eigenvalue weighted by molar-refractivity contribution is 0.133. The Morgan fingerprint density at radius 1 is 0.800 bits per heavy atom. The van der Waals surface area contributed by atoms with Crippen LogP contribution in [0.5, 0.6) is 0 Å². The van der Waals surface area contributed by atoms with Crippen molar-refractivity contribution < 1.29 is 13.2 Å². The summed E-state index contributed by atoms with van der Waals surface area (Å²) in [4.78, 5) is 0. The van der Waals surface area contributed by atoms with E-state index in [0.717, 1.165) is 48.3 Å². The van der Waals surface area contributed by atoms with Gasteiger partial charge in [0.25, 0.3) is 0 Å². The number of fused-ring (bicyclic) bond motifs is 1. The van der Waals surface area contributed by atoms with Crippen LogP contribution in [0.4, 0.5) is 13.2 Å². The smallest absolute Gasteiger partial charge is 0.160 e. The molecule has 0 aromatic heterocycles. The first-order chi connectivity index (χ1) is 14.5. The second-order valence-corrected chi connectivity index (χ2v) is 8.75. The Kier molecular flexibility index (Phi) is 6.32. The monoisotopic (exact) mass is 408 g/mol. The van der Waals surface area contributed by atoms with Gasteiger partial charge in [-0.25, -0.2) is 13.2 Å². The van der Waals surface area contributed by atoms with Gasteiger partial charge in [0.15, 0.2) is 11.6 Å². The third kappa shape index (κ3) is 4.64. The highest BCUT2D eigenvalue weighted by Gasteiger charge is 2.35. The van der Waals surface area contributed by atoms with Crippen LogP contribution in [0.3, 0.4) is 0 Å². The van der Waals surface area contributed by atoms with Gasteiger partial charge in [0.1, 0.15) is 5.82 Å². The number of hydrogen-bond donors (Lipinski definition) is 0. The SMILES string of the molecule is C/C=C/C1CCC2CC(c3ccc(C#Cc4ccc(F)c(F)c4)c(F)c3)CCC2C1. The maximum atomic E-state index is 14.7. The molecule has 2 fully saturated rings. The van der Waals surface area contributed by atoms with E-state index in [2.05, 4.69) is 30.9 Å².